The molecular weight excluding hydrogens is 203 g/mol. The van der Waals surface area contributed by atoms with Gasteiger partial charge in [0, 0.05) is 18.8 Å². The standard InChI is InChI=1S/C7H12F3NOS/c1-5(4-13-3)11(2)6(12)7(8,9)10/h5H,4H2,1-3H3. The Hall–Kier alpha value is -0.390. The van der Waals surface area contributed by atoms with Crippen molar-refractivity contribution in [3.8, 4) is 0 Å². The minimum Gasteiger partial charge on any atom is -0.334 e. The second-order valence-corrected chi connectivity index (χ2v) is 3.63. The first-order chi connectivity index (χ1) is 5.80. The van der Waals surface area contributed by atoms with Gasteiger partial charge in [-0.25, -0.2) is 0 Å². The van der Waals surface area contributed by atoms with Gasteiger partial charge < -0.3 is 4.90 Å². The van der Waals surface area contributed by atoms with Crippen LogP contribution in [0.15, 0.2) is 0 Å². The van der Waals surface area contributed by atoms with Crippen LogP contribution in [0.25, 0.3) is 0 Å². The van der Waals surface area contributed by atoms with Crippen molar-refractivity contribution in [3.05, 3.63) is 0 Å². The Balaban J connectivity index is 4.26. The molecule has 78 valence electrons. The molecule has 0 N–H and O–H groups in total. The van der Waals surface area contributed by atoms with Gasteiger partial charge in [0.2, 0.25) is 0 Å². The van der Waals surface area contributed by atoms with Crippen molar-refractivity contribution in [2.24, 2.45) is 0 Å². The molecule has 0 aliphatic rings. The Morgan fingerprint density at radius 1 is 1.54 bits per heavy atom. The fourth-order valence-corrected chi connectivity index (χ4v) is 1.46. The van der Waals surface area contributed by atoms with Crippen molar-refractivity contribution in [2.75, 3.05) is 19.1 Å². The Labute approximate surface area is 79.5 Å². The molecule has 0 aromatic carbocycles. The number of carbonyl (C=O) groups excluding carboxylic acids is 1. The summed E-state index contributed by atoms with van der Waals surface area (Å²) >= 11 is 1.40. The number of halogens is 3. The molecule has 0 aliphatic heterocycles. The Morgan fingerprint density at radius 3 is 2.31 bits per heavy atom. The number of rotatable bonds is 3. The van der Waals surface area contributed by atoms with Gasteiger partial charge in [-0.1, -0.05) is 0 Å². The fourth-order valence-electron chi connectivity index (χ4n) is 0.753. The average Bonchev–Trinajstić information content (AvgIpc) is 2.00. The summed E-state index contributed by atoms with van der Waals surface area (Å²) < 4.78 is 35.7. The first-order valence-electron chi connectivity index (χ1n) is 3.63. The van der Waals surface area contributed by atoms with E-state index in [-0.39, 0.29) is 0 Å². The third-order valence-corrected chi connectivity index (χ3v) is 2.45. The van der Waals surface area contributed by atoms with E-state index in [2.05, 4.69) is 0 Å². The molecule has 1 unspecified atom stereocenters. The number of nitrogens with zero attached hydrogens (tertiary/aromatic N) is 1. The van der Waals surface area contributed by atoms with E-state index in [1.54, 1.807) is 13.2 Å². The van der Waals surface area contributed by atoms with E-state index in [1.165, 1.54) is 11.8 Å². The number of alkyl halides is 3. The maximum absolute atomic E-state index is 11.9. The summed E-state index contributed by atoms with van der Waals surface area (Å²) in [4.78, 5) is 11.4. The van der Waals surface area contributed by atoms with Crippen molar-refractivity contribution in [2.45, 2.75) is 19.1 Å². The molecule has 6 heteroatoms. The molecule has 1 atom stereocenters. The third-order valence-electron chi connectivity index (χ3n) is 1.63. The number of thioether (sulfide) groups is 1. The van der Waals surface area contributed by atoms with Crippen molar-refractivity contribution >= 4 is 17.7 Å². The van der Waals surface area contributed by atoms with Gasteiger partial charge in [-0.05, 0) is 13.2 Å². The molecule has 0 radical (unpaired) electrons. The number of hydrogen-bond acceptors (Lipinski definition) is 2. The average molecular weight is 215 g/mol. The van der Waals surface area contributed by atoms with Crippen LogP contribution in [0, 0.1) is 0 Å². The number of hydrogen-bond donors (Lipinski definition) is 0. The second kappa shape index (κ2) is 4.74. The van der Waals surface area contributed by atoms with Crippen LogP contribution < -0.4 is 0 Å². The molecule has 0 aromatic heterocycles. The molecule has 0 spiro atoms. The summed E-state index contributed by atoms with van der Waals surface area (Å²) in [5.74, 6) is -1.28. The van der Waals surface area contributed by atoms with Crippen LogP contribution in [0.5, 0.6) is 0 Å². The van der Waals surface area contributed by atoms with E-state index in [0.717, 1.165) is 11.9 Å². The van der Waals surface area contributed by atoms with Crippen molar-refractivity contribution < 1.29 is 18.0 Å². The summed E-state index contributed by atoms with van der Waals surface area (Å²) in [6.45, 7) is 1.58. The number of amides is 1. The van der Waals surface area contributed by atoms with E-state index in [9.17, 15) is 18.0 Å². The lowest BCUT2D eigenvalue weighted by atomic mass is 10.3. The lowest BCUT2D eigenvalue weighted by Gasteiger charge is -2.24. The van der Waals surface area contributed by atoms with Gasteiger partial charge in [0.05, 0.1) is 0 Å². The number of carbonyl (C=O) groups is 1. The van der Waals surface area contributed by atoms with E-state index < -0.39 is 18.1 Å². The van der Waals surface area contributed by atoms with Crippen LogP contribution in [0.4, 0.5) is 13.2 Å². The lowest BCUT2D eigenvalue weighted by Crippen LogP contribution is -2.44. The van der Waals surface area contributed by atoms with Crippen LogP contribution in [-0.2, 0) is 4.79 Å². The zero-order valence-corrected chi connectivity index (χ0v) is 8.50. The maximum atomic E-state index is 11.9. The van der Waals surface area contributed by atoms with Crippen molar-refractivity contribution in [1.82, 2.24) is 4.90 Å². The molecule has 0 saturated carbocycles. The van der Waals surface area contributed by atoms with Crippen LogP contribution in [0.3, 0.4) is 0 Å². The fraction of sp³-hybridized carbons (Fsp3) is 0.857. The van der Waals surface area contributed by atoms with Crippen LogP contribution in [0.1, 0.15) is 6.92 Å². The normalized spacial score (nSPS) is 14.0. The Kier molecular flexibility index (Phi) is 4.60. The lowest BCUT2D eigenvalue weighted by molar-refractivity contribution is -0.185. The highest BCUT2D eigenvalue weighted by molar-refractivity contribution is 7.98. The van der Waals surface area contributed by atoms with E-state index >= 15 is 0 Å². The minimum absolute atomic E-state index is 0.399. The SMILES string of the molecule is CSCC(C)N(C)C(=O)C(F)(F)F. The molecule has 0 bridgehead atoms. The molecule has 0 aliphatic carbocycles. The van der Waals surface area contributed by atoms with E-state index in [1.807, 2.05) is 0 Å². The molecule has 0 rings (SSSR count). The van der Waals surface area contributed by atoms with E-state index in [4.69, 9.17) is 0 Å². The zero-order chi connectivity index (χ0) is 10.6. The highest BCUT2D eigenvalue weighted by atomic mass is 32.2. The summed E-state index contributed by atoms with van der Waals surface area (Å²) in [6, 6.07) is -0.399. The largest absolute Gasteiger partial charge is 0.471 e. The highest BCUT2D eigenvalue weighted by Crippen LogP contribution is 2.19. The molecule has 13 heavy (non-hydrogen) atoms. The molecule has 1 amide bonds. The smallest absolute Gasteiger partial charge is 0.334 e. The first-order valence-corrected chi connectivity index (χ1v) is 5.03. The molecular formula is C7H12F3NOS. The molecule has 0 aromatic rings. The van der Waals surface area contributed by atoms with Gasteiger partial charge >= 0.3 is 12.1 Å². The summed E-state index contributed by atoms with van der Waals surface area (Å²) in [7, 11) is 1.16. The zero-order valence-electron chi connectivity index (χ0n) is 7.68. The monoisotopic (exact) mass is 215 g/mol. The molecule has 0 saturated heterocycles. The van der Waals surface area contributed by atoms with Crippen LogP contribution in [0.2, 0.25) is 0 Å². The summed E-state index contributed by atoms with van der Waals surface area (Å²) in [5, 5.41) is 0. The predicted molar refractivity (Wildman–Crippen MR) is 46.7 cm³/mol. The van der Waals surface area contributed by atoms with Gasteiger partial charge in [-0.15, -0.1) is 0 Å². The third kappa shape index (κ3) is 3.89. The minimum atomic E-state index is -4.76. The van der Waals surface area contributed by atoms with Gasteiger partial charge in [0.25, 0.3) is 0 Å². The molecule has 2 nitrogen and oxygen atoms in total. The van der Waals surface area contributed by atoms with Gasteiger partial charge in [0.1, 0.15) is 0 Å². The Morgan fingerprint density at radius 2 is 2.00 bits per heavy atom. The van der Waals surface area contributed by atoms with Gasteiger partial charge in [-0.2, -0.15) is 24.9 Å². The second-order valence-electron chi connectivity index (χ2n) is 2.72. The van der Waals surface area contributed by atoms with Gasteiger partial charge in [-0.3, -0.25) is 4.79 Å². The topological polar surface area (TPSA) is 20.3 Å². The predicted octanol–water partition coefficient (Wildman–Crippen LogP) is 1.76. The van der Waals surface area contributed by atoms with Crippen LogP contribution in [-0.4, -0.2) is 42.1 Å². The summed E-state index contributed by atoms with van der Waals surface area (Å²) in [5.41, 5.74) is 0. The Bertz CT molecular complexity index is 183. The molecule has 0 fully saturated rings. The highest BCUT2D eigenvalue weighted by Gasteiger charge is 2.42. The quantitative estimate of drug-likeness (QED) is 0.715. The van der Waals surface area contributed by atoms with Crippen molar-refractivity contribution in [1.29, 1.82) is 0 Å². The maximum Gasteiger partial charge on any atom is 0.471 e. The summed E-state index contributed by atoms with van der Waals surface area (Å²) in [6.07, 6.45) is -2.98. The van der Waals surface area contributed by atoms with E-state index in [0.29, 0.717) is 5.75 Å². The van der Waals surface area contributed by atoms with Crippen molar-refractivity contribution in [3.63, 3.8) is 0 Å². The molecule has 0 heterocycles. The first kappa shape index (κ1) is 12.6. The van der Waals surface area contributed by atoms with Crippen LogP contribution >= 0.6 is 11.8 Å². The van der Waals surface area contributed by atoms with Gasteiger partial charge in [0.15, 0.2) is 0 Å².